The maximum Gasteiger partial charge on any atom is 0.170 e. The molecule has 2 nitrogen and oxygen atoms in total. The second-order valence-corrected chi connectivity index (χ2v) is 5.99. The lowest BCUT2D eigenvalue weighted by molar-refractivity contribution is 0.590. The highest BCUT2D eigenvalue weighted by molar-refractivity contribution is 7.80. The lowest BCUT2D eigenvalue weighted by atomic mass is 9.87. The van der Waals surface area contributed by atoms with E-state index in [1.165, 1.54) is 5.56 Å². The predicted molar refractivity (Wildman–Crippen MR) is 79.6 cm³/mol. The van der Waals surface area contributed by atoms with E-state index in [0.717, 1.165) is 5.69 Å². The molecule has 0 saturated heterocycles. The third kappa shape index (κ3) is 4.73. The molecular weight excluding hydrogens is 228 g/mol. The summed E-state index contributed by atoms with van der Waals surface area (Å²) in [6.45, 7) is 10.8. The fourth-order valence-corrected chi connectivity index (χ4v) is 1.84. The molecule has 0 aliphatic heterocycles. The molecule has 0 atom stereocenters. The molecule has 0 amide bonds. The fourth-order valence-electron chi connectivity index (χ4n) is 1.48. The smallest absolute Gasteiger partial charge is 0.170 e. The van der Waals surface area contributed by atoms with Crippen LogP contribution in [0.15, 0.2) is 24.3 Å². The average molecular weight is 250 g/mol. The van der Waals surface area contributed by atoms with Crippen molar-refractivity contribution in [2.45, 2.75) is 46.1 Å². The molecule has 1 aromatic rings. The van der Waals surface area contributed by atoms with Gasteiger partial charge in [0.05, 0.1) is 0 Å². The van der Waals surface area contributed by atoms with E-state index in [1.807, 2.05) is 0 Å². The summed E-state index contributed by atoms with van der Waals surface area (Å²) in [5.74, 6) is 0. The van der Waals surface area contributed by atoms with Crippen LogP contribution in [0.3, 0.4) is 0 Å². The Morgan fingerprint density at radius 2 is 1.65 bits per heavy atom. The van der Waals surface area contributed by atoms with Crippen molar-refractivity contribution in [3.8, 4) is 0 Å². The number of nitrogens with one attached hydrogen (secondary N) is 2. The summed E-state index contributed by atoms with van der Waals surface area (Å²) in [4.78, 5) is 0. The fraction of sp³-hybridized carbons (Fsp3) is 0.500. The number of anilines is 1. The molecule has 2 N–H and O–H groups in total. The van der Waals surface area contributed by atoms with Gasteiger partial charge in [0, 0.05) is 11.7 Å². The summed E-state index contributed by atoms with van der Waals surface area (Å²) in [6, 6.07) is 8.76. The lowest BCUT2D eigenvalue weighted by Gasteiger charge is -2.19. The van der Waals surface area contributed by atoms with Gasteiger partial charge in [-0.3, -0.25) is 0 Å². The molecule has 3 heteroatoms. The molecule has 0 saturated carbocycles. The molecule has 17 heavy (non-hydrogen) atoms. The van der Waals surface area contributed by atoms with Crippen molar-refractivity contribution >= 4 is 23.0 Å². The third-order valence-corrected chi connectivity index (χ3v) is 2.65. The Balaban J connectivity index is 2.66. The maximum absolute atomic E-state index is 5.20. The Morgan fingerprint density at radius 3 is 2.06 bits per heavy atom. The summed E-state index contributed by atoms with van der Waals surface area (Å²) in [5.41, 5.74) is 2.54. The molecule has 0 radical (unpaired) electrons. The number of hydrogen-bond acceptors (Lipinski definition) is 1. The van der Waals surface area contributed by atoms with E-state index in [4.69, 9.17) is 12.2 Å². The Morgan fingerprint density at radius 1 is 1.12 bits per heavy atom. The molecule has 0 unspecified atom stereocenters. The second-order valence-electron chi connectivity index (χ2n) is 5.58. The quantitative estimate of drug-likeness (QED) is 0.783. The van der Waals surface area contributed by atoms with Crippen LogP contribution in [0.1, 0.15) is 40.2 Å². The summed E-state index contributed by atoms with van der Waals surface area (Å²) in [6.07, 6.45) is 0. The molecule has 1 rings (SSSR count). The Hall–Kier alpha value is -1.09. The van der Waals surface area contributed by atoms with Gasteiger partial charge in [0.15, 0.2) is 5.11 Å². The Labute approximate surface area is 110 Å². The highest BCUT2D eigenvalue weighted by Gasteiger charge is 2.12. The van der Waals surface area contributed by atoms with E-state index in [1.54, 1.807) is 0 Å². The summed E-state index contributed by atoms with van der Waals surface area (Å²) < 4.78 is 0. The van der Waals surface area contributed by atoms with Crippen molar-refractivity contribution in [1.82, 2.24) is 5.32 Å². The van der Waals surface area contributed by atoms with Gasteiger partial charge in [0.1, 0.15) is 0 Å². The number of benzene rings is 1. The number of hydrogen-bond donors (Lipinski definition) is 2. The first-order chi connectivity index (χ1) is 7.79. The van der Waals surface area contributed by atoms with Crippen LogP contribution in [0, 0.1) is 0 Å². The highest BCUT2D eigenvalue weighted by atomic mass is 32.1. The Bertz CT molecular complexity index is 374. The van der Waals surface area contributed by atoms with E-state index < -0.39 is 0 Å². The molecule has 0 spiro atoms. The van der Waals surface area contributed by atoms with Crippen LogP contribution in [0.25, 0.3) is 0 Å². The minimum atomic E-state index is 0.190. The van der Waals surface area contributed by atoms with E-state index >= 15 is 0 Å². The minimum Gasteiger partial charge on any atom is -0.360 e. The Kier molecular flexibility index (Phi) is 4.52. The van der Waals surface area contributed by atoms with Gasteiger partial charge in [-0.1, -0.05) is 32.9 Å². The van der Waals surface area contributed by atoms with Crippen molar-refractivity contribution in [3.05, 3.63) is 29.8 Å². The van der Waals surface area contributed by atoms with Gasteiger partial charge in [-0.25, -0.2) is 0 Å². The zero-order valence-electron chi connectivity index (χ0n) is 11.3. The van der Waals surface area contributed by atoms with Crippen LogP contribution in [-0.4, -0.2) is 11.2 Å². The first kappa shape index (κ1) is 14.0. The largest absolute Gasteiger partial charge is 0.360 e. The lowest BCUT2D eigenvalue weighted by Crippen LogP contribution is -2.33. The van der Waals surface area contributed by atoms with E-state index in [-0.39, 0.29) is 5.41 Å². The molecule has 1 aromatic carbocycles. The molecule has 0 aliphatic carbocycles. The van der Waals surface area contributed by atoms with Crippen molar-refractivity contribution in [2.24, 2.45) is 0 Å². The van der Waals surface area contributed by atoms with Crippen molar-refractivity contribution < 1.29 is 0 Å². The molecule has 0 aromatic heterocycles. The molecular formula is C14H22N2S. The third-order valence-electron chi connectivity index (χ3n) is 2.43. The van der Waals surface area contributed by atoms with E-state index in [2.05, 4.69) is 69.5 Å². The second kappa shape index (κ2) is 5.50. The summed E-state index contributed by atoms with van der Waals surface area (Å²) >= 11 is 5.20. The molecule has 0 bridgehead atoms. The number of thiocarbonyl (C=S) groups is 1. The van der Waals surface area contributed by atoms with Crippen LogP contribution in [0.2, 0.25) is 0 Å². The first-order valence-electron chi connectivity index (χ1n) is 5.97. The zero-order valence-corrected chi connectivity index (χ0v) is 12.1. The molecule has 0 heterocycles. The van der Waals surface area contributed by atoms with Gasteiger partial charge in [-0.15, -0.1) is 0 Å². The summed E-state index contributed by atoms with van der Waals surface area (Å²) in [5, 5.41) is 7.00. The average Bonchev–Trinajstić information content (AvgIpc) is 2.15. The van der Waals surface area contributed by atoms with E-state index in [0.29, 0.717) is 11.2 Å². The van der Waals surface area contributed by atoms with E-state index in [9.17, 15) is 0 Å². The molecule has 0 fully saturated rings. The van der Waals surface area contributed by atoms with Crippen LogP contribution in [0.5, 0.6) is 0 Å². The first-order valence-corrected chi connectivity index (χ1v) is 6.38. The van der Waals surface area contributed by atoms with Crippen molar-refractivity contribution in [2.75, 3.05) is 5.32 Å². The number of rotatable bonds is 2. The highest BCUT2D eigenvalue weighted by Crippen LogP contribution is 2.23. The van der Waals surface area contributed by atoms with Crippen molar-refractivity contribution in [1.29, 1.82) is 0 Å². The van der Waals surface area contributed by atoms with Crippen molar-refractivity contribution in [3.63, 3.8) is 0 Å². The van der Waals surface area contributed by atoms with Gasteiger partial charge < -0.3 is 10.6 Å². The van der Waals surface area contributed by atoms with Crippen LogP contribution >= 0.6 is 12.2 Å². The van der Waals surface area contributed by atoms with Crippen LogP contribution < -0.4 is 10.6 Å². The van der Waals surface area contributed by atoms with Crippen LogP contribution in [-0.2, 0) is 5.41 Å². The summed E-state index contributed by atoms with van der Waals surface area (Å²) in [7, 11) is 0. The maximum atomic E-state index is 5.20. The monoisotopic (exact) mass is 250 g/mol. The minimum absolute atomic E-state index is 0.190. The predicted octanol–water partition coefficient (Wildman–Crippen LogP) is 3.68. The SMILES string of the molecule is CC(C)NC(=S)Nc1ccc(C(C)(C)C)cc1. The van der Waals surface area contributed by atoms with Gasteiger partial charge in [-0.2, -0.15) is 0 Å². The standard InChI is InChI=1S/C14H22N2S/c1-10(2)15-13(17)16-12-8-6-11(7-9-12)14(3,4)5/h6-10H,1-5H3,(H2,15,16,17). The molecule has 94 valence electrons. The van der Waals surface area contributed by atoms with Gasteiger partial charge in [0.2, 0.25) is 0 Å². The topological polar surface area (TPSA) is 24.1 Å². The van der Waals surface area contributed by atoms with Gasteiger partial charge >= 0.3 is 0 Å². The van der Waals surface area contributed by atoms with Gasteiger partial charge in [0.25, 0.3) is 0 Å². The van der Waals surface area contributed by atoms with Crippen LogP contribution in [0.4, 0.5) is 5.69 Å². The van der Waals surface area contributed by atoms with Gasteiger partial charge in [-0.05, 0) is 49.2 Å². The zero-order chi connectivity index (χ0) is 13.1. The normalized spacial score (nSPS) is 11.4. The molecule has 0 aliphatic rings.